The van der Waals surface area contributed by atoms with Gasteiger partial charge in [-0.15, -0.1) is 0 Å². The van der Waals surface area contributed by atoms with Gasteiger partial charge in [0.05, 0.1) is 12.0 Å². The van der Waals surface area contributed by atoms with E-state index >= 15 is 0 Å². The van der Waals surface area contributed by atoms with E-state index in [-0.39, 0.29) is 17.1 Å². The van der Waals surface area contributed by atoms with Crippen LogP contribution in [0.1, 0.15) is 12.7 Å². The van der Waals surface area contributed by atoms with Crippen LogP contribution in [0.2, 0.25) is 0 Å². The molecule has 0 amide bonds. The number of nitrogens with one attached hydrogen (secondary N) is 1. The maximum Gasteiger partial charge on any atom is 0.250 e. The van der Waals surface area contributed by atoms with Crippen molar-refractivity contribution in [2.75, 3.05) is 6.61 Å². The molecule has 1 heterocycles. The van der Waals surface area contributed by atoms with Gasteiger partial charge in [0.15, 0.2) is 11.2 Å². The van der Waals surface area contributed by atoms with Crippen molar-refractivity contribution in [3.8, 4) is 0 Å². The molecule has 2 aromatic rings. The molecule has 4 nitrogen and oxygen atoms in total. The molecule has 0 saturated carbocycles. The first-order valence-corrected chi connectivity index (χ1v) is 4.97. The van der Waals surface area contributed by atoms with E-state index < -0.39 is 0 Å². The topological polar surface area (TPSA) is 63.3 Å². The molecular weight excluding hydrogens is 206 g/mol. The van der Waals surface area contributed by atoms with Crippen LogP contribution in [0, 0.1) is 5.41 Å². The fraction of sp³-hybridized carbons (Fsp3) is 0.167. The SMILES string of the molecule is CCOC(=N)c1cc(=O)c2ccccc2o1. The summed E-state index contributed by atoms with van der Waals surface area (Å²) in [5.74, 6) is 0.0379. The van der Waals surface area contributed by atoms with Crippen LogP contribution in [0.15, 0.2) is 39.5 Å². The van der Waals surface area contributed by atoms with Gasteiger partial charge in [-0.25, -0.2) is 0 Å². The zero-order valence-electron chi connectivity index (χ0n) is 8.82. The molecule has 0 bridgehead atoms. The van der Waals surface area contributed by atoms with E-state index in [1.807, 2.05) is 0 Å². The summed E-state index contributed by atoms with van der Waals surface area (Å²) in [6, 6.07) is 8.21. The number of hydrogen-bond acceptors (Lipinski definition) is 4. The fourth-order valence-corrected chi connectivity index (χ4v) is 1.43. The Morgan fingerprint density at radius 1 is 1.44 bits per heavy atom. The quantitative estimate of drug-likeness (QED) is 0.619. The molecule has 0 aliphatic rings. The highest BCUT2D eigenvalue weighted by Gasteiger charge is 2.09. The normalized spacial score (nSPS) is 10.3. The highest BCUT2D eigenvalue weighted by atomic mass is 16.5. The maximum atomic E-state index is 11.7. The maximum absolute atomic E-state index is 11.7. The predicted octanol–water partition coefficient (Wildman–Crippen LogP) is 2.15. The van der Waals surface area contributed by atoms with Crippen molar-refractivity contribution in [1.82, 2.24) is 0 Å². The van der Waals surface area contributed by atoms with E-state index in [1.54, 1.807) is 31.2 Å². The third-order valence-corrected chi connectivity index (χ3v) is 2.15. The van der Waals surface area contributed by atoms with Crippen molar-refractivity contribution in [3.63, 3.8) is 0 Å². The Bertz CT molecular complexity index is 586. The summed E-state index contributed by atoms with van der Waals surface area (Å²) in [7, 11) is 0. The van der Waals surface area contributed by atoms with Crippen LogP contribution < -0.4 is 5.43 Å². The van der Waals surface area contributed by atoms with E-state index in [9.17, 15) is 4.79 Å². The zero-order valence-corrected chi connectivity index (χ0v) is 8.82. The van der Waals surface area contributed by atoms with Crippen LogP contribution in [0.5, 0.6) is 0 Å². The van der Waals surface area contributed by atoms with Gasteiger partial charge in [0.1, 0.15) is 5.58 Å². The molecular formula is C12H11NO3. The molecule has 0 atom stereocenters. The second-order valence-corrected chi connectivity index (χ2v) is 3.23. The Labute approximate surface area is 92.0 Å². The fourth-order valence-electron chi connectivity index (χ4n) is 1.43. The molecule has 0 spiro atoms. The van der Waals surface area contributed by atoms with Crippen molar-refractivity contribution in [2.24, 2.45) is 0 Å². The van der Waals surface area contributed by atoms with E-state index in [2.05, 4.69) is 0 Å². The first kappa shape index (κ1) is 10.4. The summed E-state index contributed by atoms with van der Waals surface area (Å²) in [6.07, 6.45) is 0. The van der Waals surface area contributed by atoms with Crippen molar-refractivity contribution < 1.29 is 9.15 Å². The van der Waals surface area contributed by atoms with Crippen LogP contribution in [0.3, 0.4) is 0 Å². The second kappa shape index (κ2) is 4.18. The molecule has 82 valence electrons. The molecule has 0 saturated heterocycles. The Hall–Kier alpha value is -2.10. The zero-order chi connectivity index (χ0) is 11.5. The van der Waals surface area contributed by atoms with E-state index in [1.165, 1.54) is 6.07 Å². The van der Waals surface area contributed by atoms with Crippen LogP contribution in [0.25, 0.3) is 11.0 Å². The average Bonchev–Trinajstić information content (AvgIpc) is 2.29. The highest BCUT2D eigenvalue weighted by molar-refractivity contribution is 5.90. The monoisotopic (exact) mass is 217 g/mol. The Morgan fingerprint density at radius 3 is 2.94 bits per heavy atom. The molecule has 16 heavy (non-hydrogen) atoms. The minimum Gasteiger partial charge on any atom is -0.476 e. The van der Waals surface area contributed by atoms with Crippen molar-refractivity contribution in [2.45, 2.75) is 6.92 Å². The van der Waals surface area contributed by atoms with Gasteiger partial charge in [0.25, 0.3) is 0 Å². The van der Waals surface area contributed by atoms with Crippen molar-refractivity contribution in [1.29, 1.82) is 5.41 Å². The summed E-state index contributed by atoms with van der Waals surface area (Å²) >= 11 is 0. The van der Waals surface area contributed by atoms with Crippen molar-refractivity contribution >= 4 is 16.9 Å². The van der Waals surface area contributed by atoms with Gasteiger partial charge in [-0.3, -0.25) is 10.2 Å². The molecule has 2 rings (SSSR count). The average molecular weight is 217 g/mol. The molecule has 0 aliphatic heterocycles. The van der Waals surface area contributed by atoms with E-state index in [0.717, 1.165) is 0 Å². The van der Waals surface area contributed by atoms with Crippen molar-refractivity contribution in [3.05, 3.63) is 46.3 Å². The third kappa shape index (κ3) is 1.82. The lowest BCUT2D eigenvalue weighted by Gasteiger charge is -2.04. The summed E-state index contributed by atoms with van der Waals surface area (Å²) < 4.78 is 10.4. The molecule has 0 radical (unpaired) electrons. The highest BCUT2D eigenvalue weighted by Crippen LogP contribution is 2.12. The number of benzene rings is 1. The lowest BCUT2D eigenvalue weighted by atomic mass is 10.2. The lowest BCUT2D eigenvalue weighted by molar-refractivity contribution is 0.316. The standard InChI is InChI=1S/C12H11NO3/c1-2-15-12(13)11-7-9(14)8-5-3-4-6-10(8)16-11/h3-7,13H,2H2,1H3. The van der Waals surface area contributed by atoms with Gasteiger partial charge in [-0.05, 0) is 19.1 Å². The number of hydrogen-bond donors (Lipinski definition) is 1. The Morgan fingerprint density at radius 2 is 2.19 bits per heavy atom. The second-order valence-electron chi connectivity index (χ2n) is 3.23. The van der Waals surface area contributed by atoms with Gasteiger partial charge in [-0.2, -0.15) is 0 Å². The lowest BCUT2D eigenvalue weighted by Crippen LogP contribution is -2.09. The minimum atomic E-state index is -0.165. The molecule has 0 aliphatic carbocycles. The summed E-state index contributed by atoms with van der Waals surface area (Å²) in [5, 5.41) is 8.06. The number of rotatable bonds is 2. The molecule has 4 heteroatoms. The molecule has 1 N–H and O–H groups in total. The van der Waals surface area contributed by atoms with Crippen LogP contribution in [-0.4, -0.2) is 12.5 Å². The predicted molar refractivity (Wildman–Crippen MR) is 60.9 cm³/mol. The van der Waals surface area contributed by atoms with Crippen LogP contribution >= 0.6 is 0 Å². The summed E-state index contributed by atoms with van der Waals surface area (Å²) in [6.45, 7) is 2.14. The van der Waals surface area contributed by atoms with Gasteiger partial charge in [-0.1, -0.05) is 12.1 Å². The summed E-state index contributed by atoms with van der Waals surface area (Å²) in [5.41, 5.74) is 0.302. The van der Waals surface area contributed by atoms with Gasteiger partial charge in [0.2, 0.25) is 5.90 Å². The van der Waals surface area contributed by atoms with Gasteiger partial charge >= 0.3 is 0 Å². The van der Waals surface area contributed by atoms with E-state index in [0.29, 0.717) is 17.6 Å². The minimum absolute atomic E-state index is 0.120. The Balaban J connectivity index is 2.58. The number of para-hydroxylation sites is 1. The van der Waals surface area contributed by atoms with Gasteiger partial charge in [0, 0.05) is 6.07 Å². The molecule has 1 aromatic heterocycles. The summed E-state index contributed by atoms with van der Waals surface area (Å²) in [4.78, 5) is 11.7. The Kier molecular flexibility index (Phi) is 2.72. The van der Waals surface area contributed by atoms with Gasteiger partial charge < -0.3 is 9.15 Å². The smallest absolute Gasteiger partial charge is 0.250 e. The number of fused-ring (bicyclic) bond motifs is 1. The third-order valence-electron chi connectivity index (χ3n) is 2.15. The van der Waals surface area contributed by atoms with Crippen LogP contribution in [-0.2, 0) is 4.74 Å². The number of ether oxygens (including phenoxy) is 1. The first-order chi connectivity index (χ1) is 7.72. The van der Waals surface area contributed by atoms with E-state index in [4.69, 9.17) is 14.6 Å². The van der Waals surface area contributed by atoms with Crippen LogP contribution in [0.4, 0.5) is 0 Å². The molecule has 0 unspecified atom stereocenters. The largest absolute Gasteiger partial charge is 0.476 e. The molecule has 1 aromatic carbocycles. The first-order valence-electron chi connectivity index (χ1n) is 4.97. The molecule has 0 fully saturated rings.